The number of carbonyl (C=O) groups is 2. The predicted octanol–water partition coefficient (Wildman–Crippen LogP) is 3.65. The molecule has 1 aliphatic rings. The number of aryl methyl sites for hydroxylation is 1. The fourth-order valence-electron chi connectivity index (χ4n) is 4.48. The third-order valence-corrected chi connectivity index (χ3v) is 7.53. The van der Waals surface area contributed by atoms with Gasteiger partial charge in [0.15, 0.2) is 11.5 Å². The molecule has 0 aromatic heterocycles. The number of anilines is 1. The van der Waals surface area contributed by atoms with E-state index in [0.717, 1.165) is 23.8 Å². The zero-order chi connectivity index (χ0) is 27.7. The van der Waals surface area contributed by atoms with Crippen molar-refractivity contribution >= 4 is 27.5 Å². The number of carbonyl (C=O) groups excluding carboxylic acids is 2. The van der Waals surface area contributed by atoms with Crippen LogP contribution in [0.4, 0.5) is 5.69 Å². The van der Waals surface area contributed by atoms with Crippen LogP contribution in [-0.2, 0) is 26.2 Å². The molecule has 0 bridgehead atoms. The van der Waals surface area contributed by atoms with Crippen molar-refractivity contribution in [3.63, 3.8) is 0 Å². The Balaban J connectivity index is 1.76. The van der Waals surface area contributed by atoms with E-state index in [9.17, 15) is 18.0 Å². The average molecular weight is 546 g/mol. The zero-order valence-corrected chi connectivity index (χ0v) is 23.6. The summed E-state index contributed by atoms with van der Waals surface area (Å²) >= 11 is 0. The van der Waals surface area contributed by atoms with Crippen molar-refractivity contribution in [3.05, 3.63) is 53.6 Å². The van der Waals surface area contributed by atoms with Gasteiger partial charge in [0.2, 0.25) is 21.8 Å². The predicted molar refractivity (Wildman–Crippen MR) is 148 cm³/mol. The summed E-state index contributed by atoms with van der Waals surface area (Å²) in [6.07, 6.45) is 2.80. The first-order valence-electron chi connectivity index (χ1n) is 13.1. The van der Waals surface area contributed by atoms with Gasteiger partial charge in [0.25, 0.3) is 0 Å². The molecule has 0 saturated heterocycles. The highest BCUT2D eigenvalue weighted by Gasteiger charge is 2.29. The summed E-state index contributed by atoms with van der Waals surface area (Å²) in [6, 6.07) is 12.3. The minimum atomic E-state index is -3.61. The second-order valence-electron chi connectivity index (χ2n) is 9.49. The molecule has 0 saturated carbocycles. The Morgan fingerprint density at radius 2 is 1.79 bits per heavy atom. The van der Waals surface area contributed by atoms with Crippen LogP contribution in [0.3, 0.4) is 0 Å². The largest absolute Gasteiger partial charge is 0.486 e. The quantitative estimate of drug-likeness (QED) is 0.412. The Morgan fingerprint density at radius 1 is 1.05 bits per heavy atom. The molecule has 3 rings (SSSR count). The smallest absolute Gasteiger partial charge is 0.242 e. The summed E-state index contributed by atoms with van der Waals surface area (Å²) in [6.45, 7) is 7.65. The summed E-state index contributed by atoms with van der Waals surface area (Å²) in [7, 11) is -3.61. The van der Waals surface area contributed by atoms with Crippen LogP contribution in [0.2, 0.25) is 0 Å². The first-order chi connectivity index (χ1) is 18.1. The van der Waals surface area contributed by atoms with Gasteiger partial charge in [-0.1, -0.05) is 43.7 Å². The van der Waals surface area contributed by atoms with Crippen LogP contribution in [0.25, 0.3) is 0 Å². The fraction of sp³-hybridized carbons (Fsp3) is 0.500. The van der Waals surface area contributed by atoms with Crippen LogP contribution in [0, 0.1) is 6.92 Å². The maximum atomic E-state index is 13.5. The zero-order valence-electron chi connectivity index (χ0n) is 22.7. The number of fused-ring (bicyclic) bond motifs is 1. The lowest BCUT2D eigenvalue weighted by atomic mass is 10.1. The monoisotopic (exact) mass is 545 g/mol. The SMILES string of the molecule is CCCNC(=O)[C@@H](CC)N(Cc1cccc(C)c1)C(=O)CCCN(c1ccc2c(c1)OCCO2)S(C)(=O)=O. The van der Waals surface area contributed by atoms with Crippen molar-refractivity contribution in [1.29, 1.82) is 0 Å². The van der Waals surface area contributed by atoms with Crippen LogP contribution < -0.4 is 19.1 Å². The number of hydrogen-bond acceptors (Lipinski definition) is 6. The van der Waals surface area contributed by atoms with Gasteiger partial charge in [0.1, 0.15) is 19.3 Å². The van der Waals surface area contributed by atoms with Crippen LogP contribution in [0.1, 0.15) is 50.7 Å². The normalized spacial score (nSPS) is 13.5. The molecule has 10 heteroatoms. The van der Waals surface area contributed by atoms with Gasteiger partial charge < -0.3 is 19.7 Å². The molecule has 9 nitrogen and oxygen atoms in total. The number of hydrogen-bond donors (Lipinski definition) is 1. The Kier molecular flexibility index (Phi) is 10.4. The Bertz CT molecular complexity index is 1220. The van der Waals surface area contributed by atoms with E-state index in [0.29, 0.717) is 49.9 Å². The Labute approximate surface area is 226 Å². The Morgan fingerprint density at radius 3 is 2.45 bits per heavy atom. The minimum absolute atomic E-state index is 0.0972. The van der Waals surface area contributed by atoms with E-state index in [-0.39, 0.29) is 31.2 Å². The molecule has 2 aromatic rings. The van der Waals surface area contributed by atoms with Crippen molar-refractivity contribution in [2.45, 2.75) is 59.0 Å². The van der Waals surface area contributed by atoms with Gasteiger partial charge in [-0.05, 0) is 43.9 Å². The summed E-state index contributed by atoms with van der Waals surface area (Å²) in [5.74, 6) is 0.694. The molecule has 1 atom stereocenters. The summed E-state index contributed by atoms with van der Waals surface area (Å²) in [5, 5.41) is 2.91. The number of amides is 2. The van der Waals surface area contributed by atoms with E-state index < -0.39 is 16.1 Å². The van der Waals surface area contributed by atoms with Crippen molar-refractivity contribution in [2.24, 2.45) is 0 Å². The van der Waals surface area contributed by atoms with Gasteiger partial charge >= 0.3 is 0 Å². The number of nitrogens with one attached hydrogen (secondary N) is 1. The fourth-order valence-corrected chi connectivity index (χ4v) is 5.44. The van der Waals surface area contributed by atoms with Gasteiger partial charge in [-0.25, -0.2) is 8.42 Å². The van der Waals surface area contributed by atoms with E-state index in [1.165, 1.54) is 4.31 Å². The summed E-state index contributed by atoms with van der Waals surface area (Å²) in [4.78, 5) is 28.1. The lowest BCUT2D eigenvalue weighted by molar-refractivity contribution is -0.141. The van der Waals surface area contributed by atoms with E-state index in [1.807, 2.05) is 45.0 Å². The van der Waals surface area contributed by atoms with E-state index in [1.54, 1.807) is 23.1 Å². The van der Waals surface area contributed by atoms with Crippen molar-refractivity contribution < 1.29 is 27.5 Å². The number of sulfonamides is 1. The molecule has 38 heavy (non-hydrogen) atoms. The molecule has 1 aliphatic heterocycles. The maximum absolute atomic E-state index is 13.5. The topological polar surface area (TPSA) is 105 Å². The van der Waals surface area contributed by atoms with Gasteiger partial charge in [-0.2, -0.15) is 0 Å². The van der Waals surface area contributed by atoms with E-state index >= 15 is 0 Å². The standard InChI is InChI=1S/C28H39N3O6S/c1-5-14-29-28(33)24(6-2)30(20-22-10-7-9-21(3)18-22)27(32)11-8-15-31(38(4,34)35)23-12-13-25-26(19-23)37-17-16-36-25/h7,9-10,12-13,18-19,24H,5-6,8,11,14-17,20H2,1-4H3,(H,29,33)/t24-/m1/s1. The lowest BCUT2D eigenvalue weighted by Gasteiger charge is -2.31. The average Bonchev–Trinajstić information content (AvgIpc) is 2.88. The van der Waals surface area contributed by atoms with Crippen LogP contribution in [-0.4, -0.2) is 63.7 Å². The lowest BCUT2D eigenvalue weighted by Crippen LogP contribution is -2.49. The maximum Gasteiger partial charge on any atom is 0.242 e. The molecule has 1 heterocycles. The molecule has 0 fully saturated rings. The highest BCUT2D eigenvalue weighted by Crippen LogP contribution is 2.34. The van der Waals surface area contributed by atoms with Gasteiger partial charge in [0.05, 0.1) is 11.9 Å². The Hall–Kier alpha value is -3.27. The molecule has 0 aliphatic carbocycles. The molecule has 2 aromatic carbocycles. The highest BCUT2D eigenvalue weighted by atomic mass is 32.2. The summed E-state index contributed by atoms with van der Waals surface area (Å²) in [5.41, 5.74) is 2.46. The molecule has 0 unspecified atom stereocenters. The summed E-state index contributed by atoms with van der Waals surface area (Å²) < 4.78 is 37.7. The first kappa shape index (κ1) is 29.3. The third kappa shape index (κ3) is 7.86. The number of ether oxygens (including phenoxy) is 2. The molecular weight excluding hydrogens is 506 g/mol. The van der Waals surface area contributed by atoms with E-state index in [4.69, 9.17) is 9.47 Å². The number of nitrogens with zero attached hydrogens (tertiary/aromatic N) is 2. The van der Waals surface area contributed by atoms with Gasteiger partial charge in [-0.3, -0.25) is 13.9 Å². The second-order valence-corrected chi connectivity index (χ2v) is 11.4. The number of rotatable bonds is 13. The van der Waals surface area contributed by atoms with Crippen LogP contribution in [0.15, 0.2) is 42.5 Å². The van der Waals surface area contributed by atoms with Crippen molar-refractivity contribution in [3.8, 4) is 11.5 Å². The van der Waals surface area contributed by atoms with Gasteiger partial charge in [0, 0.05) is 32.1 Å². The van der Waals surface area contributed by atoms with E-state index in [2.05, 4.69) is 5.32 Å². The van der Waals surface area contributed by atoms with Crippen LogP contribution >= 0.6 is 0 Å². The van der Waals surface area contributed by atoms with Crippen LogP contribution in [0.5, 0.6) is 11.5 Å². The highest BCUT2D eigenvalue weighted by molar-refractivity contribution is 7.92. The molecule has 0 spiro atoms. The third-order valence-electron chi connectivity index (χ3n) is 6.34. The molecule has 0 radical (unpaired) electrons. The molecule has 208 valence electrons. The second kappa shape index (κ2) is 13.5. The van der Waals surface area contributed by atoms with Crippen molar-refractivity contribution in [2.75, 3.05) is 36.9 Å². The molecule has 1 N–H and O–H groups in total. The minimum Gasteiger partial charge on any atom is -0.486 e. The first-order valence-corrected chi connectivity index (χ1v) is 15.0. The molecule has 2 amide bonds. The van der Waals surface area contributed by atoms with Gasteiger partial charge in [-0.15, -0.1) is 0 Å². The molecular formula is C28H39N3O6S. The number of benzene rings is 2. The van der Waals surface area contributed by atoms with Crippen molar-refractivity contribution in [1.82, 2.24) is 10.2 Å².